The van der Waals surface area contributed by atoms with Gasteiger partial charge in [-0.05, 0) is 25.5 Å². The van der Waals surface area contributed by atoms with Crippen LogP contribution in [0.5, 0.6) is 0 Å². The first-order valence-electron chi connectivity index (χ1n) is 7.18. The highest BCUT2D eigenvalue weighted by molar-refractivity contribution is 7.09. The van der Waals surface area contributed by atoms with E-state index in [0.717, 1.165) is 30.8 Å². The largest absolute Gasteiger partial charge is 0.351 e. The molecule has 1 aromatic heterocycles. The van der Waals surface area contributed by atoms with Gasteiger partial charge in [0.2, 0.25) is 0 Å². The summed E-state index contributed by atoms with van der Waals surface area (Å²) >= 11 is 1.70. The van der Waals surface area contributed by atoms with Crippen LogP contribution in [-0.2, 0) is 13.0 Å². The van der Waals surface area contributed by atoms with Crippen LogP contribution in [0, 0.1) is 6.92 Å². The van der Waals surface area contributed by atoms with Crippen LogP contribution in [0.3, 0.4) is 0 Å². The molecule has 2 N–H and O–H groups in total. The Balaban J connectivity index is 1.65. The Bertz CT molecular complexity index is 577. The van der Waals surface area contributed by atoms with Crippen LogP contribution in [0.25, 0.3) is 0 Å². The molecule has 0 bridgehead atoms. The van der Waals surface area contributed by atoms with Crippen molar-refractivity contribution in [3.8, 4) is 0 Å². The van der Waals surface area contributed by atoms with Gasteiger partial charge in [0.1, 0.15) is 0 Å². The molecule has 112 valence electrons. The van der Waals surface area contributed by atoms with Gasteiger partial charge < -0.3 is 10.6 Å². The summed E-state index contributed by atoms with van der Waals surface area (Å²) in [4.78, 5) is 16.4. The van der Waals surface area contributed by atoms with Gasteiger partial charge in [-0.25, -0.2) is 4.98 Å². The molecule has 0 fully saturated rings. The lowest BCUT2D eigenvalue weighted by Gasteiger charge is -2.06. The lowest BCUT2D eigenvalue weighted by atomic mass is 10.1. The van der Waals surface area contributed by atoms with E-state index in [1.807, 2.05) is 31.2 Å². The molecule has 0 atom stereocenters. The van der Waals surface area contributed by atoms with Gasteiger partial charge in [0.05, 0.1) is 10.7 Å². The number of rotatable bonds is 7. The third kappa shape index (κ3) is 4.95. The lowest BCUT2D eigenvalue weighted by molar-refractivity contribution is 0.0954. The minimum atomic E-state index is -0.0290. The lowest BCUT2D eigenvalue weighted by Crippen LogP contribution is -2.31. The van der Waals surface area contributed by atoms with E-state index >= 15 is 0 Å². The number of hydrogen-bond donors (Lipinski definition) is 2. The number of benzene rings is 1. The second kappa shape index (κ2) is 7.90. The summed E-state index contributed by atoms with van der Waals surface area (Å²) < 4.78 is 0. The first-order valence-corrected chi connectivity index (χ1v) is 8.06. The SMILES string of the molecule is CCc1nc(CNCCNC(=O)c2ccc(C)cc2)cs1. The van der Waals surface area contributed by atoms with Gasteiger partial charge in [0, 0.05) is 30.6 Å². The molecule has 4 nitrogen and oxygen atoms in total. The average molecular weight is 303 g/mol. The van der Waals surface area contributed by atoms with Crippen LogP contribution in [0.2, 0.25) is 0 Å². The fourth-order valence-electron chi connectivity index (χ4n) is 1.88. The van der Waals surface area contributed by atoms with Crippen molar-refractivity contribution in [2.75, 3.05) is 13.1 Å². The second-order valence-corrected chi connectivity index (χ2v) is 5.83. The minimum Gasteiger partial charge on any atom is -0.351 e. The third-order valence-corrected chi connectivity index (χ3v) is 4.15. The zero-order chi connectivity index (χ0) is 15.1. The van der Waals surface area contributed by atoms with Gasteiger partial charge in [-0.1, -0.05) is 24.6 Å². The van der Waals surface area contributed by atoms with Crippen LogP contribution >= 0.6 is 11.3 Å². The molecule has 2 aromatic rings. The number of nitrogens with one attached hydrogen (secondary N) is 2. The van der Waals surface area contributed by atoms with Crippen molar-refractivity contribution in [1.82, 2.24) is 15.6 Å². The van der Waals surface area contributed by atoms with Gasteiger partial charge in [0.15, 0.2) is 0 Å². The summed E-state index contributed by atoms with van der Waals surface area (Å²) in [6, 6.07) is 7.58. The maximum atomic E-state index is 11.9. The van der Waals surface area contributed by atoms with Crippen molar-refractivity contribution in [1.29, 1.82) is 0 Å². The second-order valence-electron chi connectivity index (χ2n) is 4.88. The highest BCUT2D eigenvalue weighted by Gasteiger charge is 2.04. The van der Waals surface area contributed by atoms with Crippen molar-refractivity contribution in [3.63, 3.8) is 0 Å². The molecule has 0 radical (unpaired) electrons. The molecule has 0 spiro atoms. The van der Waals surface area contributed by atoms with Crippen LogP contribution in [0.1, 0.15) is 33.5 Å². The van der Waals surface area contributed by atoms with Crippen LogP contribution in [0.15, 0.2) is 29.6 Å². The molecule has 0 aliphatic rings. The van der Waals surface area contributed by atoms with E-state index in [1.165, 1.54) is 5.01 Å². The number of carbonyl (C=O) groups excluding carboxylic acids is 1. The molecule has 1 heterocycles. The van der Waals surface area contributed by atoms with E-state index in [9.17, 15) is 4.79 Å². The standard InChI is InChI=1S/C16H21N3OS/c1-3-15-19-14(11-21-15)10-17-8-9-18-16(20)13-6-4-12(2)5-7-13/h4-7,11,17H,3,8-10H2,1-2H3,(H,18,20). The van der Waals surface area contributed by atoms with Crippen molar-refractivity contribution in [3.05, 3.63) is 51.5 Å². The van der Waals surface area contributed by atoms with Gasteiger partial charge >= 0.3 is 0 Å². The minimum absolute atomic E-state index is 0.0290. The topological polar surface area (TPSA) is 54.0 Å². The maximum absolute atomic E-state index is 11.9. The molecular formula is C16H21N3OS. The average Bonchev–Trinajstić information content (AvgIpc) is 2.95. The van der Waals surface area contributed by atoms with Crippen molar-refractivity contribution < 1.29 is 4.79 Å². The van der Waals surface area contributed by atoms with E-state index in [1.54, 1.807) is 11.3 Å². The van der Waals surface area contributed by atoms with Crippen molar-refractivity contribution in [2.24, 2.45) is 0 Å². The number of amides is 1. The van der Waals surface area contributed by atoms with E-state index in [2.05, 4.69) is 27.9 Å². The Kier molecular flexibility index (Phi) is 5.90. The zero-order valence-corrected chi connectivity index (χ0v) is 13.3. The summed E-state index contributed by atoms with van der Waals surface area (Å²) in [7, 11) is 0. The molecule has 5 heteroatoms. The Morgan fingerprint density at radius 1 is 1.24 bits per heavy atom. The van der Waals surface area contributed by atoms with Crippen LogP contribution in [0.4, 0.5) is 0 Å². The van der Waals surface area contributed by atoms with E-state index in [4.69, 9.17) is 0 Å². The van der Waals surface area contributed by atoms with E-state index in [-0.39, 0.29) is 5.91 Å². The number of hydrogen-bond acceptors (Lipinski definition) is 4. The first-order chi connectivity index (χ1) is 10.2. The Hall–Kier alpha value is -1.72. The summed E-state index contributed by atoms with van der Waals surface area (Å²) in [5.74, 6) is -0.0290. The highest BCUT2D eigenvalue weighted by Crippen LogP contribution is 2.09. The number of aryl methyl sites for hydroxylation is 2. The molecule has 1 aromatic carbocycles. The summed E-state index contributed by atoms with van der Waals surface area (Å²) in [6.45, 7) is 6.20. The molecule has 21 heavy (non-hydrogen) atoms. The Morgan fingerprint density at radius 3 is 2.67 bits per heavy atom. The van der Waals surface area contributed by atoms with Gasteiger partial charge in [-0.2, -0.15) is 0 Å². The van der Waals surface area contributed by atoms with Gasteiger partial charge in [-0.15, -0.1) is 11.3 Å². The summed E-state index contributed by atoms with van der Waals surface area (Å²) in [6.07, 6.45) is 0.983. The fourth-order valence-corrected chi connectivity index (χ4v) is 2.63. The number of nitrogens with zero attached hydrogens (tertiary/aromatic N) is 1. The number of thiazole rings is 1. The molecular weight excluding hydrogens is 282 g/mol. The normalized spacial score (nSPS) is 10.6. The quantitative estimate of drug-likeness (QED) is 0.773. The summed E-state index contributed by atoms with van der Waals surface area (Å²) in [5.41, 5.74) is 2.93. The molecule has 0 aliphatic carbocycles. The summed E-state index contributed by atoms with van der Waals surface area (Å²) in [5, 5.41) is 9.43. The van der Waals surface area contributed by atoms with Gasteiger partial charge in [-0.3, -0.25) is 4.79 Å². The predicted octanol–water partition coefficient (Wildman–Crippen LogP) is 2.53. The van der Waals surface area contributed by atoms with Crippen molar-refractivity contribution in [2.45, 2.75) is 26.8 Å². The third-order valence-electron chi connectivity index (χ3n) is 3.11. The smallest absolute Gasteiger partial charge is 0.251 e. The molecule has 1 amide bonds. The monoisotopic (exact) mass is 303 g/mol. The highest BCUT2D eigenvalue weighted by atomic mass is 32.1. The molecule has 2 rings (SSSR count). The van der Waals surface area contributed by atoms with E-state index < -0.39 is 0 Å². The maximum Gasteiger partial charge on any atom is 0.251 e. The fraction of sp³-hybridized carbons (Fsp3) is 0.375. The molecule has 0 saturated heterocycles. The number of aromatic nitrogens is 1. The predicted molar refractivity (Wildman–Crippen MR) is 86.7 cm³/mol. The number of carbonyl (C=O) groups is 1. The Morgan fingerprint density at radius 2 is 2.00 bits per heavy atom. The zero-order valence-electron chi connectivity index (χ0n) is 12.5. The molecule has 0 unspecified atom stereocenters. The Labute approximate surface area is 129 Å². The van der Waals surface area contributed by atoms with Crippen LogP contribution < -0.4 is 10.6 Å². The molecule has 0 saturated carbocycles. The van der Waals surface area contributed by atoms with Gasteiger partial charge in [0.25, 0.3) is 5.91 Å². The van der Waals surface area contributed by atoms with Crippen LogP contribution in [-0.4, -0.2) is 24.0 Å². The first kappa shape index (κ1) is 15.7. The molecule has 0 aliphatic heterocycles. The van der Waals surface area contributed by atoms with Crippen molar-refractivity contribution >= 4 is 17.2 Å². The van der Waals surface area contributed by atoms with E-state index in [0.29, 0.717) is 12.1 Å².